The molecule has 7 nitrogen and oxygen atoms in total. The molecule has 0 aliphatic carbocycles. The summed E-state index contributed by atoms with van der Waals surface area (Å²) in [6.45, 7) is 1.71. The van der Waals surface area contributed by atoms with Crippen molar-refractivity contribution in [2.45, 2.75) is 31.2 Å². The van der Waals surface area contributed by atoms with Crippen LogP contribution in [0.5, 0.6) is 0 Å². The number of alkyl halides is 3. The number of ether oxygens (including phenoxy) is 1. The van der Waals surface area contributed by atoms with Gasteiger partial charge < -0.3 is 15.8 Å². The summed E-state index contributed by atoms with van der Waals surface area (Å²) in [5, 5.41) is 3.42. The summed E-state index contributed by atoms with van der Waals surface area (Å²) in [5.41, 5.74) is 2.74. The average Bonchev–Trinajstić information content (AvgIpc) is 2.71. The van der Waals surface area contributed by atoms with Crippen LogP contribution in [0.4, 0.5) is 29.1 Å². The fraction of sp³-hybridized carbons (Fsp3) is 0.300. The van der Waals surface area contributed by atoms with E-state index in [4.69, 9.17) is 22.1 Å². The van der Waals surface area contributed by atoms with E-state index in [0.717, 1.165) is 6.92 Å². The predicted octanol–water partition coefficient (Wildman–Crippen LogP) is 4.48. The summed E-state index contributed by atoms with van der Waals surface area (Å²) in [6, 6.07) is 5.64. The Hall–Kier alpha value is -3.05. The van der Waals surface area contributed by atoms with Crippen LogP contribution in [0.1, 0.15) is 19.4 Å². The second-order valence-corrected chi connectivity index (χ2v) is 8.09. The first-order chi connectivity index (χ1) is 14.9. The quantitative estimate of drug-likeness (QED) is 0.550. The molecule has 3 aromatic rings. The molecule has 1 aliphatic heterocycles. The number of fused-ring (bicyclic) bond motifs is 1. The number of benzene rings is 1. The van der Waals surface area contributed by atoms with Gasteiger partial charge in [0.1, 0.15) is 29.0 Å². The highest BCUT2D eigenvalue weighted by Gasteiger charge is 2.59. The number of rotatable bonds is 3. The molecule has 1 aliphatic rings. The van der Waals surface area contributed by atoms with E-state index in [9.17, 15) is 17.6 Å². The van der Waals surface area contributed by atoms with E-state index < -0.39 is 35.6 Å². The first kappa shape index (κ1) is 22.2. The van der Waals surface area contributed by atoms with Gasteiger partial charge in [0.2, 0.25) is 5.60 Å². The Bertz CT molecular complexity index is 1240. The van der Waals surface area contributed by atoms with Gasteiger partial charge in [-0.05, 0) is 38.1 Å². The first-order valence-corrected chi connectivity index (χ1v) is 9.70. The smallest absolute Gasteiger partial charge is 0.385 e. The predicted molar refractivity (Wildman–Crippen MR) is 111 cm³/mol. The van der Waals surface area contributed by atoms with Crippen molar-refractivity contribution in [2.24, 2.45) is 10.7 Å². The Balaban J connectivity index is 1.72. The van der Waals surface area contributed by atoms with Crippen molar-refractivity contribution in [1.29, 1.82) is 0 Å². The number of hydrogen-bond acceptors (Lipinski definition) is 7. The monoisotopic (exact) mass is 468 g/mol. The summed E-state index contributed by atoms with van der Waals surface area (Å²) < 4.78 is 59.9. The van der Waals surface area contributed by atoms with Gasteiger partial charge >= 0.3 is 6.18 Å². The lowest BCUT2D eigenvalue weighted by molar-refractivity contribution is -0.249. The molecule has 3 N–H and O–H groups in total. The van der Waals surface area contributed by atoms with Gasteiger partial charge in [0, 0.05) is 17.4 Å². The molecule has 0 radical (unpaired) electrons. The maximum Gasteiger partial charge on any atom is 0.424 e. The van der Waals surface area contributed by atoms with Crippen molar-refractivity contribution < 1.29 is 22.3 Å². The Morgan fingerprint density at radius 2 is 1.91 bits per heavy atom. The van der Waals surface area contributed by atoms with Crippen LogP contribution < -0.4 is 11.1 Å². The zero-order valence-electron chi connectivity index (χ0n) is 16.8. The highest BCUT2D eigenvalue weighted by atomic mass is 35.5. The minimum Gasteiger partial charge on any atom is -0.385 e. The third-order valence-corrected chi connectivity index (χ3v) is 5.50. The molecule has 3 heterocycles. The Labute approximate surface area is 184 Å². The van der Waals surface area contributed by atoms with Gasteiger partial charge in [-0.2, -0.15) is 13.2 Å². The highest BCUT2D eigenvalue weighted by molar-refractivity contribution is 6.31. The summed E-state index contributed by atoms with van der Waals surface area (Å²) in [4.78, 5) is 16.5. The van der Waals surface area contributed by atoms with Crippen molar-refractivity contribution in [3.05, 3.63) is 53.2 Å². The maximum absolute atomic E-state index is 14.7. The molecule has 2 atom stereocenters. The summed E-state index contributed by atoms with van der Waals surface area (Å²) in [5.74, 6) is -1.12. The van der Waals surface area contributed by atoms with Crippen LogP contribution in [0, 0.1) is 5.82 Å². The fourth-order valence-corrected chi connectivity index (χ4v) is 3.44. The Kier molecular flexibility index (Phi) is 5.21. The van der Waals surface area contributed by atoms with Gasteiger partial charge in [0.15, 0.2) is 5.82 Å². The molecule has 0 spiro atoms. The molecule has 0 unspecified atom stereocenters. The van der Waals surface area contributed by atoms with Crippen molar-refractivity contribution >= 4 is 40.0 Å². The van der Waals surface area contributed by atoms with Crippen LogP contribution in [-0.4, -0.2) is 39.2 Å². The number of nitrogens with zero attached hydrogens (tertiary/aromatic N) is 4. The first-order valence-electron chi connectivity index (χ1n) is 9.33. The van der Waals surface area contributed by atoms with Crippen molar-refractivity contribution in [3.8, 4) is 0 Å². The third kappa shape index (κ3) is 3.71. The molecular formula is C20H17ClF4N6O. The average molecular weight is 469 g/mol. The summed E-state index contributed by atoms with van der Waals surface area (Å²) in [6.07, 6.45) is -2.02. The molecule has 1 aromatic carbocycles. The topological polar surface area (TPSA) is 98.3 Å². The fourth-order valence-electron chi connectivity index (χ4n) is 3.29. The molecular weight excluding hydrogens is 452 g/mol. The van der Waals surface area contributed by atoms with Gasteiger partial charge in [-0.3, -0.25) is 4.99 Å². The number of amidine groups is 1. The maximum atomic E-state index is 14.7. The number of halogens is 5. The number of pyridine rings is 1. The summed E-state index contributed by atoms with van der Waals surface area (Å²) in [7, 11) is 0. The largest absolute Gasteiger partial charge is 0.424 e. The molecule has 0 amide bonds. The molecule has 0 saturated carbocycles. The number of aromatic nitrogens is 3. The van der Waals surface area contributed by atoms with E-state index in [1.165, 1.54) is 37.6 Å². The van der Waals surface area contributed by atoms with Gasteiger partial charge in [0.25, 0.3) is 0 Å². The van der Waals surface area contributed by atoms with E-state index in [-0.39, 0.29) is 5.56 Å². The number of nitrogens with two attached hydrogens (primary N) is 1. The second-order valence-electron chi connectivity index (χ2n) is 7.65. The molecule has 4 rings (SSSR count). The van der Waals surface area contributed by atoms with Crippen molar-refractivity contribution in [2.75, 3.05) is 11.9 Å². The van der Waals surface area contributed by atoms with Crippen LogP contribution in [-0.2, 0) is 10.3 Å². The minimum atomic E-state index is -4.77. The molecule has 0 fully saturated rings. The van der Waals surface area contributed by atoms with Crippen molar-refractivity contribution in [3.63, 3.8) is 0 Å². The zero-order chi connectivity index (χ0) is 23.3. The van der Waals surface area contributed by atoms with Crippen LogP contribution >= 0.6 is 11.6 Å². The molecule has 2 aromatic heterocycles. The Morgan fingerprint density at radius 3 is 2.59 bits per heavy atom. The molecule has 0 bridgehead atoms. The molecule has 168 valence electrons. The zero-order valence-corrected chi connectivity index (χ0v) is 17.6. The lowest BCUT2D eigenvalue weighted by Gasteiger charge is -2.41. The van der Waals surface area contributed by atoms with E-state index in [2.05, 4.69) is 25.3 Å². The van der Waals surface area contributed by atoms with Gasteiger partial charge in [-0.15, -0.1) is 0 Å². The summed E-state index contributed by atoms with van der Waals surface area (Å²) >= 11 is 5.94. The Morgan fingerprint density at radius 1 is 1.16 bits per heavy atom. The molecule has 12 heteroatoms. The highest BCUT2D eigenvalue weighted by Crippen LogP contribution is 2.41. The molecule has 32 heavy (non-hydrogen) atoms. The number of hydrogen-bond donors (Lipinski definition) is 2. The van der Waals surface area contributed by atoms with Crippen LogP contribution in [0.15, 0.2) is 41.8 Å². The van der Waals surface area contributed by atoms with Gasteiger partial charge in [0.05, 0.1) is 17.1 Å². The minimum absolute atomic E-state index is 0.00374. The molecule has 0 saturated heterocycles. The lowest BCUT2D eigenvalue weighted by atomic mass is 9.89. The van der Waals surface area contributed by atoms with E-state index >= 15 is 0 Å². The van der Waals surface area contributed by atoms with Crippen molar-refractivity contribution in [1.82, 2.24) is 15.0 Å². The van der Waals surface area contributed by atoms with E-state index in [1.54, 1.807) is 6.07 Å². The number of aliphatic imine (C=N–C) groups is 1. The second kappa shape index (κ2) is 7.52. The number of anilines is 2. The normalized spacial score (nSPS) is 23.8. The SMILES string of the molecule is C[C@@]1(c2cc(Nc3ncnc4cc(Cl)cnc34)ccc2F)CO[C@@](C)(C(F)(F)F)C(N)=N1. The van der Waals surface area contributed by atoms with E-state index in [0.29, 0.717) is 27.6 Å². The van der Waals surface area contributed by atoms with E-state index in [1.807, 2.05) is 0 Å². The van der Waals surface area contributed by atoms with Crippen LogP contribution in [0.25, 0.3) is 11.0 Å². The van der Waals surface area contributed by atoms with Crippen LogP contribution in [0.3, 0.4) is 0 Å². The third-order valence-electron chi connectivity index (χ3n) is 5.29. The van der Waals surface area contributed by atoms with Gasteiger partial charge in [-0.25, -0.2) is 19.3 Å². The lowest BCUT2D eigenvalue weighted by Crippen LogP contribution is -2.60. The standard InChI is InChI=1S/C20H17ClF4N6O/c1-18(8-32-19(2,17(26)31-18)20(23,24)25)12-6-11(3-4-13(12)22)30-16-15-14(28-9-29-16)5-10(21)7-27-15/h3-7,9H,8H2,1-2H3,(H2,26,31)(H,28,29,30)/t18-,19+/m0/s1. The number of nitrogens with one attached hydrogen (secondary N) is 1. The van der Waals surface area contributed by atoms with Gasteiger partial charge in [-0.1, -0.05) is 11.6 Å². The van der Waals surface area contributed by atoms with Crippen LogP contribution in [0.2, 0.25) is 5.02 Å².